The van der Waals surface area contributed by atoms with E-state index in [0.717, 1.165) is 0 Å². The van der Waals surface area contributed by atoms with Gasteiger partial charge in [0.25, 0.3) is 0 Å². The molecule has 0 aliphatic rings. The summed E-state index contributed by atoms with van der Waals surface area (Å²) in [7, 11) is 0. The van der Waals surface area contributed by atoms with E-state index in [1.807, 2.05) is 0 Å². The van der Waals surface area contributed by atoms with Crippen LogP contribution in [-0.2, 0) is 35.2 Å². The van der Waals surface area contributed by atoms with E-state index in [9.17, 15) is 39.0 Å². The Hall–Kier alpha value is -4.20. The van der Waals surface area contributed by atoms with Crippen LogP contribution in [-0.4, -0.2) is 75.1 Å². The summed E-state index contributed by atoms with van der Waals surface area (Å²) in [5, 5.41) is 34.6. The highest BCUT2D eigenvalue weighted by atomic mass is 16.4. The molecule has 0 heterocycles. The van der Waals surface area contributed by atoms with Crippen molar-refractivity contribution in [3.8, 4) is 5.75 Å². The minimum absolute atomic E-state index is 0.0280. The Balaban J connectivity index is 2.97. The molecular formula is C23H33N5O9. The molecule has 1 aromatic carbocycles. The molecule has 0 fully saturated rings. The number of carboxylic acid groups (broad SMARTS) is 2. The Kier molecular flexibility index (Phi) is 12.0. The number of amides is 4. The van der Waals surface area contributed by atoms with Gasteiger partial charge in [0.05, 0.1) is 12.5 Å². The highest BCUT2D eigenvalue weighted by molar-refractivity contribution is 5.95. The van der Waals surface area contributed by atoms with E-state index in [1.54, 1.807) is 26.0 Å². The number of benzene rings is 1. The van der Waals surface area contributed by atoms with Crippen molar-refractivity contribution in [1.29, 1.82) is 0 Å². The summed E-state index contributed by atoms with van der Waals surface area (Å²) < 4.78 is 0. The van der Waals surface area contributed by atoms with Crippen LogP contribution in [0.3, 0.4) is 0 Å². The van der Waals surface area contributed by atoms with Crippen molar-refractivity contribution in [2.75, 3.05) is 0 Å². The molecule has 0 radical (unpaired) electrons. The highest BCUT2D eigenvalue weighted by Crippen LogP contribution is 2.11. The number of nitrogens with one attached hydrogen (secondary N) is 3. The van der Waals surface area contributed by atoms with Gasteiger partial charge in [0.15, 0.2) is 0 Å². The normalized spacial score (nSPS) is 14.1. The molecule has 1 aromatic rings. The molecule has 0 saturated carbocycles. The molecule has 4 amide bonds. The van der Waals surface area contributed by atoms with Gasteiger partial charge < -0.3 is 42.7 Å². The van der Waals surface area contributed by atoms with Gasteiger partial charge in [-0.1, -0.05) is 26.0 Å². The lowest BCUT2D eigenvalue weighted by Crippen LogP contribution is -2.58. The predicted octanol–water partition coefficient (Wildman–Crippen LogP) is -1.80. The summed E-state index contributed by atoms with van der Waals surface area (Å²) in [5.74, 6) is -6.77. The Morgan fingerprint density at radius 1 is 0.865 bits per heavy atom. The molecule has 0 saturated heterocycles. The zero-order chi connectivity index (χ0) is 28.3. The molecule has 14 heteroatoms. The SMILES string of the molecule is CC(C)C(NC(=O)C(CCC(=O)O)NC(=O)C(N)Cc1ccc(O)cc1)C(=O)NC(CC(N)=O)C(=O)O. The van der Waals surface area contributed by atoms with Crippen LogP contribution < -0.4 is 27.4 Å². The predicted molar refractivity (Wildman–Crippen MR) is 129 cm³/mol. The zero-order valence-electron chi connectivity index (χ0n) is 20.5. The first-order valence-corrected chi connectivity index (χ1v) is 11.4. The van der Waals surface area contributed by atoms with Crippen LogP contribution in [0.25, 0.3) is 0 Å². The van der Waals surface area contributed by atoms with Crippen molar-refractivity contribution in [3.63, 3.8) is 0 Å². The van der Waals surface area contributed by atoms with Gasteiger partial charge in [-0.3, -0.25) is 24.0 Å². The van der Waals surface area contributed by atoms with Gasteiger partial charge in [0.2, 0.25) is 23.6 Å². The summed E-state index contributed by atoms with van der Waals surface area (Å²) in [6.07, 6.45) is -1.41. The number of aromatic hydroxyl groups is 1. The highest BCUT2D eigenvalue weighted by Gasteiger charge is 2.32. The maximum Gasteiger partial charge on any atom is 0.326 e. The number of hydrogen-bond donors (Lipinski definition) is 8. The third kappa shape index (κ3) is 10.9. The molecular weight excluding hydrogens is 490 g/mol. The maximum absolute atomic E-state index is 13.0. The number of phenolic OH excluding ortho intramolecular Hbond substituents is 1. The fourth-order valence-corrected chi connectivity index (χ4v) is 3.25. The first kappa shape index (κ1) is 30.8. The Morgan fingerprint density at radius 2 is 1.43 bits per heavy atom. The number of carbonyl (C=O) groups is 6. The molecule has 0 aromatic heterocycles. The fraction of sp³-hybridized carbons (Fsp3) is 0.478. The van der Waals surface area contributed by atoms with Crippen molar-refractivity contribution in [2.45, 2.75) is 63.7 Å². The number of phenols is 1. The van der Waals surface area contributed by atoms with Crippen molar-refractivity contribution < 1.29 is 44.1 Å². The van der Waals surface area contributed by atoms with Crippen LogP contribution in [0, 0.1) is 5.92 Å². The van der Waals surface area contributed by atoms with E-state index in [1.165, 1.54) is 12.1 Å². The largest absolute Gasteiger partial charge is 0.508 e. The van der Waals surface area contributed by atoms with E-state index in [2.05, 4.69) is 16.0 Å². The number of nitrogens with two attached hydrogens (primary N) is 2. The van der Waals surface area contributed by atoms with Gasteiger partial charge in [-0.2, -0.15) is 0 Å². The van der Waals surface area contributed by atoms with Gasteiger partial charge in [-0.15, -0.1) is 0 Å². The van der Waals surface area contributed by atoms with Gasteiger partial charge in [0, 0.05) is 6.42 Å². The Morgan fingerprint density at radius 3 is 1.92 bits per heavy atom. The zero-order valence-corrected chi connectivity index (χ0v) is 20.5. The minimum atomic E-state index is -1.62. The van der Waals surface area contributed by atoms with Gasteiger partial charge in [0.1, 0.15) is 23.9 Å². The second kappa shape index (κ2) is 14.4. The summed E-state index contributed by atoms with van der Waals surface area (Å²) in [4.78, 5) is 71.8. The molecule has 0 aliphatic carbocycles. The number of hydrogen-bond acceptors (Lipinski definition) is 8. The summed E-state index contributed by atoms with van der Waals surface area (Å²) >= 11 is 0. The molecule has 1 rings (SSSR count). The minimum Gasteiger partial charge on any atom is -0.508 e. The first-order valence-electron chi connectivity index (χ1n) is 11.4. The van der Waals surface area contributed by atoms with Crippen molar-refractivity contribution in [3.05, 3.63) is 29.8 Å². The number of carbonyl (C=O) groups excluding carboxylic acids is 4. The molecule has 4 atom stereocenters. The van der Waals surface area contributed by atoms with Crippen LogP contribution in [0.4, 0.5) is 0 Å². The van der Waals surface area contributed by atoms with Crippen LogP contribution in [0.15, 0.2) is 24.3 Å². The summed E-state index contributed by atoms with van der Waals surface area (Å²) in [6.45, 7) is 3.12. The average molecular weight is 524 g/mol. The molecule has 0 aliphatic heterocycles. The molecule has 0 bridgehead atoms. The third-order valence-electron chi connectivity index (χ3n) is 5.28. The summed E-state index contributed by atoms with van der Waals surface area (Å²) in [5.41, 5.74) is 11.6. The number of carboxylic acids is 2. The Labute approximate surface area is 212 Å². The smallest absolute Gasteiger partial charge is 0.326 e. The van der Waals surface area contributed by atoms with E-state index in [-0.39, 0.29) is 18.6 Å². The average Bonchev–Trinajstić information content (AvgIpc) is 2.79. The molecule has 4 unspecified atom stereocenters. The van der Waals surface area contributed by atoms with Gasteiger partial charge in [-0.25, -0.2) is 4.79 Å². The van der Waals surface area contributed by atoms with E-state index >= 15 is 0 Å². The van der Waals surface area contributed by atoms with Crippen LogP contribution in [0.5, 0.6) is 5.75 Å². The Bertz CT molecular complexity index is 997. The van der Waals surface area contributed by atoms with Crippen LogP contribution in [0.1, 0.15) is 38.7 Å². The topological polar surface area (TPSA) is 251 Å². The molecule has 10 N–H and O–H groups in total. The summed E-state index contributed by atoms with van der Waals surface area (Å²) in [6, 6.07) is 0.567. The van der Waals surface area contributed by atoms with Crippen molar-refractivity contribution in [1.82, 2.24) is 16.0 Å². The lowest BCUT2D eigenvalue weighted by Gasteiger charge is -2.27. The standard InChI is InChI=1S/C23H33N5O9/c1-11(2)19(22(35)27-16(23(36)37)10-17(25)30)28-21(34)15(7-8-18(31)32)26-20(33)14(24)9-12-3-5-13(29)6-4-12/h3-6,11,14-16,19,29H,7-10,24H2,1-2H3,(H2,25,30)(H,26,33)(H,27,35)(H,28,34)(H,31,32)(H,36,37). The van der Waals surface area contributed by atoms with Crippen LogP contribution in [0.2, 0.25) is 0 Å². The quantitative estimate of drug-likeness (QED) is 0.128. The van der Waals surface area contributed by atoms with Gasteiger partial charge >= 0.3 is 11.9 Å². The number of rotatable bonds is 15. The fourth-order valence-electron chi connectivity index (χ4n) is 3.25. The first-order chi connectivity index (χ1) is 17.2. The van der Waals surface area contributed by atoms with Gasteiger partial charge in [-0.05, 0) is 36.5 Å². The third-order valence-corrected chi connectivity index (χ3v) is 5.28. The van der Waals surface area contributed by atoms with Crippen LogP contribution >= 0.6 is 0 Å². The molecule has 204 valence electrons. The van der Waals surface area contributed by atoms with Crippen molar-refractivity contribution >= 4 is 35.6 Å². The number of aliphatic carboxylic acids is 2. The second-order valence-corrected chi connectivity index (χ2v) is 8.77. The lowest BCUT2D eigenvalue weighted by atomic mass is 10.0. The lowest BCUT2D eigenvalue weighted by molar-refractivity contribution is -0.144. The van der Waals surface area contributed by atoms with Crippen molar-refractivity contribution in [2.24, 2.45) is 17.4 Å². The van der Waals surface area contributed by atoms with E-state index in [0.29, 0.717) is 5.56 Å². The number of primary amides is 1. The second-order valence-electron chi connectivity index (χ2n) is 8.77. The molecule has 37 heavy (non-hydrogen) atoms. The van der Waals surface area contributed by atoms with E-state index in [4.69, 9.17) is 16.6 Å². The molecule has 14 nitrogen and oxygen atoms in total. The monoisotopic (exact) mass is 523 g/mol. The maximum atomic E-state index is 13.0. The molecule has 0 spiro atoms. The van der Waals surface area contributed by atoms with E-state index < -0.39 is 78.5 Å².